The molecule has 31 heavy (non-hydrogen) atoms. The summed E-state index contributed by atoms with van der Waals surface area (Å²) in [7, 11) is 1.60. The molecule has 1 amide bonds. The van der Waals surface area contributed by atoms with Gasteiger partial charge in [0.15, 0.2) is 11.5 Å². The summed E-state index contributed by atoms with van der Waals surface area (Å²) in [4.78, 5) is 28.8. The Labute approximate surface area is 181 Å². The van der Waals surface area contributed by atoms with Gasteiger partial charge in [-0.3, -0.25) is 9.59 Å². The smallest absolute Gasteiger partial charge is 0.292 e. The van der Waals surface area contributed by atoms with Gasteiger partial charge in [0.2, 0.25) is 0 Å². The van der Waals surface area contributed by atoms with Gasteiger partial charge in [0.05, 0.1) is 24.8 Å². The lowest BCUT2D eigenvalue weighted by atomic mass is 10.0. The molecule has 3 aromatic rings. The predicted octanol–water partition coefficient (Wildman–Crippen LogP) is 4.87. The molecule has 2 aromatic carbocycles. The van der Waals surface area contributed by atoms with Crippen molar-refractivity contribution in [3.05, 3.63) is 59.3 Å². The third-order valence-electron chi connectivity index (χ3n) is 5.96. The molecule has 0 bridgehead atoms. The van der Waals surface area contributed by atoms with Crippen molar-refractivity contribution < 1.29 is 19.1 Å². The van der Waals surface area contributed by atoms with E-state index in [1.54, 1.807) is 14.0 Å². The molecule has 1 heterocycles. The molecule has 1 saturated carbocycles. The zero-order chi connectivity index (χ0) is 22.0. The van der Waals surface area contributed by atoms with Gasteiger partial charge in [0.25, 0.3) is 11.7 Å². The van der Waals surface area contributed by atoms with Gasteiger partial charge >= 0.3 is 0 Å². The minimum Gasteiger partial charge on any atom is -0.493 e. The Kier molecular flexibility index (Phi) is 5.98. The number of carbonyl (C=O) groups is 2. The van der Waals surface area contributed by atoms with E-state index in [9.17, 15) is 9.59 Å². The number of fused-ring (bicyclic) bond motifs is 1. The van der Waals surface area contributed by atoms with E-state index in [2.05, 4.69) is 10.3 Å². The maximum atomic E-state index is 12.9. The molecule has 1 unspecified atom stereocenters. The van der Waals surface area contributed by atoms with Crippen LogP contribution in [0.25, 0.3) is 10.9 Å². The van der Waals surface area contributed by atoms with Crippen molar-refractivity contribution in [3.63, 3.8) is 0 Å². The quantitative estimate of drug-likeness (QED) is 0.422. The second-order valence-electron chi connectivity index (χ2n) is 8.13. The second-order valence-corrected chi connectivity index (χ2v) is 8.13. The van der Waals surface area contributed by atoms with E-state index in [-0.39, 0.29) is 12.1 Å². The molecule has 4 rings (SSSR count). The first-order chi connectivity index (χ1) is 15.0. The molecule has 0 radical (unpaired) electrons. The lowest BCUT2D eigenvalue weighted by Crippen LogP contribution is -2.33. The number of ether oxygens (including phenoxy) is 2. The van der Waals surface area contributed by atoms with Gasteiger partial charge in [0.1, 0.15) is 0 Å². The van der Waals surface area contributed by atoms with E-state index in [1.165, 1.54) is 12.8 Å². The molecule has 6 heteroatoms. The van der Waals surface area contributed by atoms with Crippen LogP contribution in [0.15, 0.2) is 42.5 Å². The fourth-order valence-electron chi connectivity index (χ4n) is 4.26. The largest absolute Gasteiger partial charge is 0.493 e. The molecular formula is C25H28N2O4. The Hall–Kier alpha value is -3.28. The summed E-state index contributed by atoms with van der Waals surface area (Å²) in [6.45, 7) is 3.65. The van der Waals surface area contributed by atoms with Crippen molar-refractivity contribution in [1.29, 1.82) is 0 Å². The maximum Gasteiger partial charge on any atom is 0.292 e. The van der Waals surface area contributed by atoms with E-state index < -0.39 is 11.7 Å². The Bertz CT molecular complexity index is 1110. The van der Waals surface area contributed by atoms with Crippen molar-refractivity contribution in [1.82, 2.24) is 10.3 Å². The molecule has 1 atom stereocenters. The SMILES string of the molecule is COc1cc(C(C)NC(=O)C(=O)c2c(C)[nH]c3ccccc23)ccc1OC1CCCC1. The minimum absolute atomic E-state index is 0.230. The summed E-state index contributed by atoms with van der Waals surface area (Å²) in [5, 5.41) is 3.57. The lowest BCUT2D eigenvalue weighted by Gasteiger charge is -2.19. The Morgan fingerprint density at radius 1 is 1.10 bits per heavy atom. The van der Waals surface area contributed by atoms with Crippen LogP contribution < -0.4 is 14.8 Å². The molecule has 162 valence electrons. The number of aromatic amines is 1. The van der Waals surface area contributed by atoms with Gasteiger partial charge in [-0.25, -0.2) is 0 Å². The van der Waals surface area contributed by atoms with Crippen molar-refractivity contribution in [2.24, 2.45) is 0 Å². The van der Waals surface area contributed by atoms with Crippen LogP contribution in [0.1, 0.15) is 60.3 Å². The Morgan fingerprint density at radius 2 is 1.84 bits per heavy atom. The summed E-state index contributed by atoms with van der Waals surface area (Å²) in [6.07, 6.45) is 4.74. The first kappa shape index (κ1) is 21.0. The number of para-hydroxylation sites is 1. The fourth-order valence-corrected chi connectivity index (χ4v) is 4.26. The van der Waals surface area contributed by atoms with Gasteiger partial charge in [-0.15, -0.1) is 0 Å². The predicted molar refractivity (Wildman–Crippen MR) is 120 cm³/mol. The van der Waals surface area contributed by atoms with Crippen molar-refractivity contribution in [3.8, 4) is 11.5 Å². The number of Topliss-reactive ketones (excluding diaryl/α,β-unsaturated/α-hetero) is 1. The molecule has 2 N–H and O–H groups in total. The zero-order valence-corrected chi connectivity index (χ0v) is 18.2. The second kappa shape index (κ2) is 8.84. The van der Waals surface area contributed by atoms with Gasteiger partial charge in [-0.2, -0.15) is 0 Å². The van der Waals surface area contributed by atoms with Crippen LogP contribution in [0, 0.1) is 6.92 Å². The van der Waals surface area contributed by atoms with Gasteiger partial charge < -0.3 is 19.8 Å². The van der Waals surface area contributed by atoms with Crippen LogP contribution in [0.2, 0.25) is 0 Å². The third kappa shape index (κ3) is 4.29. The highest BCUT2D eigenvalue weighted by Crippen LogP contribution is 2.34. The summed E-state index contributed by atoms with van der Waals surface area (Å²) < 4.78 is 11.6. The molecule has 0 spiro atoms. The van der Waals surface area contributed by atoms with E-state index in [0.29, 0.717) is 22.8 Å². The number of nitrogens with one attached hydrogen (secondary N) is 2. The number of benzene rings is 2. The number of rotatable bonds is 7. The number of hydrogen-bond donors (Lipinski definition) is 2. The molecule has 1 aliphatic carbocycles. The fraction of sp³-hybridized carbons (Fsp3) is 0.360. The van der Waals surface area contributed by atoms with Crippen LogP contribution in [-0.2, 0) is 4.79 Å². The third-order valence-corrected chi connectivity index (χ3v) is 5.96. The average molecular weight is 421 g/mol. The Balaban J connectivity index is 1.49. The number of amides is 1. The summed E-state index contributed by atoms with van der Waals surface area (Å²) in [5.41, 5.74) is 2.78. The molecule has 0 aliphatic heterocycles. The van der Waals surface area contributed by atoms with Crippen LogP contribution >= 0.6 is 0 Å². The number of aromatic nitrogens is 1. The van der Waals surface area contributed by atoms with Gasteiger partial charge in [-0.1, -0.05) is 24.3 Å². The minimum atomic E-state index is -0.634. The number of methoxy groups -OCH3 is 1. The first-order valence-corrected chi connectivity index (χ1v) is 10.7. The monoisotopic (exact) mass is 420 g/mol. The molecule has 1 fully saturated rings. The van der Waals surface area contributed by atoms with Crippen LogP contribution in [0.4, 0.5) is 0 Å². The number of ketones is 1. The highest BCUT2D eigenvalue weighted by atomic mass is 16.5. The topological polar surface area (TPSA) is 80.4 Å². The molecule has 1 aromatic heterocycles. The van der Waals surface area contributed by atoms with E-state index in [0.717, 1.165) is 29.3 Å². The number of hydrogen-bond acceptors (Lipinski definition) is 4. The van der Waals surface area contributed by atoms with E-state index >= 15 is 0 Å². The van der Waals surface area contributed by atoms with Gasteiger partial charge in [0, 0.05) is 16.6 Å². The van der Waals surface area contributed by atoms with Gasteiger partial charge in [-0.05, 0) is 63.3 Å². The molecule has 0 saturated heterocycles. The van der Waals surface area contributed by atoms with Crippen LogP contribution in [-0.4, -0.2) is 29.9 Å². The average Bonchev–Trinajstić information content (AvgIpc) is 3.39. The number of aryl methyl sites for hydroxylation is 1. The summed E-state index contributed by atoms with van der Waals surface area (Å²) in [5.74, 6) is 0.159. The summed E-state index contributed by atoms with van der Waals surface area (Å²) in [6, 6.07) is 12.8. The van der Waals surface area contributed by atoms with E-state index in [4.69, 9.17) is 9.47 Å². The zero-order valence-electron chi connectivity index (χ0n) is 18.2. The van der Waals surface area contributed by atoms with Crippen LogP contribution in [0.3, 0.4) is 0 Å². The summed E-state index contributed by atoms with van der Waals surface area (Å²) >= 11 is 0. The molecule has 6 nitrogen and oxygen atoms in total. The normalized spacial score (nSPS) is 15.1. The lowest BCUT2D eigenvalue weighted by molar-refractivity contribution is -0.117. The molecule has 1 aliphatic rings. The highest BCUT2D eigenvalue weighted by molar-refractivity contribution is 6.45. The van der Waals surface area contributed by atoms with E-state index in [1.807, 2.05) is 49.4 Å². The van der Waals surface area contributed by atoms with Crippen molar-refractivity contribution in [2.45, 2.75) is 51.7 Å². The van der Waals surface area contributed by atoms with Crippen LogP contribution in [0.5, 0.6) is 11.5 Å². The van der Waals surface area contributed by atoms with Crippen molar-refractivity contribution >= 4 is 22.6 Å². The Morgan fingerprint density at radius 3 is 2.58 bits per heavy atom. The first-order valence-electron chi connectivity index (χ1n) is 10.7. The number of H-pyrrole nitrogens is 1. The number of carbonyl (C=O) groups excluding carboxylic acids is 2. The highest BCUT2D eigenvalue weighted by Gasteiger charge is 2.25. The maximum absolute atomic E-state index is 12.9. The molecular weight excluding hydrogens is 392 g/mol. The standard InChI is InChI=1S/C25H28N2O4/c1-15(17-12-13-21(22(14-17)30-3)31-18-8-4-5-9-18)27-25(29)24(28)23-16(2)26-20-11-7-6-10-19(20)23/h6-7,10-15,18,26H,4-5,8-9H2,1-3H3,(H,27,29). The van der Waals surface area contributed by atoms with Crippen molar-refractivity contribution in [2.75, 3.05) is 7.11 Å².